The highest BCUT2D eigenvalue weighted by molar-refractivity contribution is 7.91. The van der Waals surface area contributed by atoms with Gasteiger partial charge in [-0.2, -0.15) is 0 Å². The zero-order chi connectivity index (χ0) is 12.5. The zero-order valence-corrected chi connectivity index (χ0v) is 11.0. The molecule has 0 bridgehead atoms. The molecule has 1 unspecified atom stereocenters. The van der Waals surface area contributed by atoms with Crippen LogP contribution in [0.2, 0.25) is 0 Å². The Bertz CT molecular complexity index is 388. The molecule has 2 rings (SSSR count). The van der Waals surface area contributed by atoms with Crippen molar-refractivity contribution in [3.05, 3.63) is 0 Å². The van der Waals surface area contributed by atoms with Crippen molar-refractivity contribution in [2.75, 3.05) is 31.1 Å². The second-order valence-electron chi connectivity index (χ2n) is 5.04. The van der Waals surface area contributed by atoms with E-state index in [1.54, 1.807) is 4.90 Å². The van der Waals surface area contributed by atoms with Gasteiger partial charge in [0.1, 0.15) is 0 Å². The van der Waals surface area contributed by atoms with E-state index in [1.165, 1.54) is 0 Å². The molecular weight excluding hydrogens is 240 g/mol. The van der Waals surface area contributed by atoms with Crippen LogP contribution in [0.3, 0.4) is 0 Å². The summed E-state index contributed by atoms with van der Waals surface area (Å²) in [7, 11) is -2.94. The monoisotopic (exact) mass is 260 g/mol. The van der Waals surface area contributed by atoms with Crippen molar-refractivity contribution in [3.8, 4) is 0 Å². The minimum atomic E-state index is -2.94. The maximum atomic E-state index is 12.3. The molecule has 17 heavy (non-hydrogen) atoms. The largest absolute Gasteiger partial charge is 0.338 e. The Kier molecular flexibility index (Phi) is 3.73. The number of nitrogens with one attached hydrogen (secondary N) is 1. The van der Waals surface area contributed by atoms with E-state index in [4.69, 9.17) is 0 Å². The lowest BCUT2D eigenvalue weighted by atomic mass is 9.97. The van der Waals surface area contributed by atoms with Crippen molar-refractivity contribution < 1.29 is 13.2 Å². The van der Waals surface area contributed by atoms with Crippen molar-refractivity contribution in [1.29, 1.82) is 0 Å². The predicted molar refractivity (Wildman–Crippen MR) is 65.4 cm³/mol. The Hall–Kier alpha value is -0.620. The zero-order valence-electron chi connectivity index (χ0n) is 10.2. The lowest BCUT2D eigenvalue weighted by Crippen LogP contribution is -2.53. The molecule has 5 nitrogen and oxygen atoms in total. The number of piperidine rings is 1. The van der Waals surface area contributed by atoms with Crippen molar-refractivity contribution in [2.24, 2.45) is 5.92 Å². The normalized spacial score (nSPS) is 33.4. The summed E-state index contributed by atoms with van der Waals surface area (Å²) in [4.78, 5) is 14.0. The van der Waals surface area contributed by atoms with Crippen LogP contribution in [-0.4, -0.2) is 56.4 Å². The number of amides is 1. The first kappa shape index (κ1) is 12.8. The Morgan fingerprint density at radius 2 is 2.18 bits per heavy atom. The van der Waals surface area contributed by atoms with Crippen molar-refractivity contribution >= 4 is 15.7 Å². The third kappa shape index (κ3) is 2.98. The number of carbonyl (C=O) groups is 1. The van der Waals surface area contributed by atoms with Crippen molar-refractivity contribution in [3.63, 3.8) is 0 Å². The van der Waals surface area contributed by atoms with E-state index in [0.717, 1.165) is 25.9 Å². The van der Waals surface area contributed by atoms with Crippen LogP contribution in [0, 0.1) is 5.92 Å². The Morgan fingerprint density at radius 1 is 1.41 bits per heavy atom. The molecule has 0 aromatic heterocycles. The van der Waals surface area contributed by atoms with Gasteiger partial charge in [0.15, 0.2) is 9.84 Å². The van der Waals surface area contributed by atoms with Crippen LogP contribution in [0.15, 0.2) is 0 Å². The summed E-state index contributed by atoms with van der Waals surface area (Å²) >= 11 is 0. The summed E-state index contributed by atoms with van der Waals surface area (Å²) in [6, 6.07) is -0.178. The van der Waals surface area contributed by atoms with Crippen LogP contribution in [0.5, 0.6) is 0 Å². The molecule has 2 atom stereocenters. The fraction of sp³-hybridized carbons (Fsp3) is 0.909. The average molecular weight is 260 g/mol. The highest BCUT2D eigenvalue weighted by Crippen LogP contribution is 2.18. The summed E-state index contributed by atoms with van der Waals surface area (Å²) in [5.74, 6) is 0.383. The van der Waals surface area contributed by atoms with Gasteiger partial charge in [-0.05, 0) is 26.3 Å². The molecule has 2 heterocycles. The molecule has 0 saturated carbocycles. The summed E-state index contributed by atoms with van der Waals surface area (Å²) in [6.07, 6.45) is 1.94. The van der Waals surface area contributed by atoms with Crippen LogP contribution >= 0.6 is 0 Å². The highest BCUT2D eigenvalue weighted by atomic mass is 32.2. The van der Waals surface area contributed by atoms with E-state index in [1.807, 2.05) is 6.92 Å². The quantitative estimate of drug-likeness (QED) is 0.698. The minimum Gasteiger partial charge on any atom is -0.338 e. The maximum absolute atomic E-state index is 12.3. The Balaban J connectivity index is 2.00. The standard InChI is InChI=1S/C11H20N2O3S/c1-9-8-17(15,16)6-5-13(9)11(14)10-3-2-4-12-7-10/h9-10,12H,2-8H2,1H3/t9?,10-/m0/s1. The van der Waals surface area contributed by atoms with Crippen LogP contribution < -0.4 is 5.32 Å². The lowest BCUT2D eigenvalue weighted by molar-refractivity contribution is -0.137. The fourth-order valence-electron chi connectivity index (χ4n) is 2.62. The molecule has 2 saturated heterocycles. The average Bonchev–Trinajstić information content (AvgIpc) is 2.28. The molecule has 1 N–H and O–H groups in total. The topological polar surface area (TPSA) is 66.5 Å². The van der Waals surface area contributed by atoms with Crippen molar-refractivity contribution in [1.82, 2.24) is 10.2 Å². The molecule has 2 aliphatic rings. The second kappa shape index (κ2) is 4.94. The maximum Gasteiger partial charge on any atom is 0.227 e. The highest BCUT2D eigenvalue weighted by Gasteiger charge is 2.34. The van der Waals surface area contributed by atoms with E-state index >= 15 is 0 Å². The first-order chi connectivity index (χ1) is 7.99. The molecule has 98 valence electrons. The summed E-state index contributed by atoms with van der Waals surface area (Å²) < 4.78 is 22.9. The summed E-state index contributed by atoms with van der Waals surface area (Å²) in [6.45, 7) is 3.90. The van der Waals surface area contributed by atoms with Gasteiger partial charge < -0.3 is 10.2 Å². The first-order valence-corrected chi connectivity index (χ1v) is 8.03. The van der Waals surface area contributed by atoms with Gasteiger partial charge in [-0.1, -0.05) is 0 Å². The smallest absolute Gasteiger partial charge is 0.227 e. The van der Waals surface area contributed by atoms with E-state index in [-0.39, 0.29) is 29.4 Å². The number of rotatable bonds is 1. The van der Waals surface area contributed by atoms with Gasteiger partial charge in [-0.25, -0.2) is 8.42 Å². The Morgan fingerprint density at radius 3 is 2.76 bits per heavy atom. The van der Waals surface area contributed by atoms with Crippen LogP contribution in [0.1, 0.15) is 19.8 Å². The molecule has 0 spiro atoms. The third-order valence-electron chi connectivity index (χ3n) is 3.60. The van der Waals surface area contributed by atoms with E-state index in [9.17, 15) is 13.2 Å². The van der Waals surface area contributed by atoms with Crippen LogP contribution in [0.4, 0.5) is 0 Å². The first-order valence-electron chi connectivity index (χ1n) is 6.21. The molecule has 2 fully saturated rings. The molecule has 0 aromatic rings. The van der Waals surface area contributed by atoms with Gasteiger partial charge >= 0.3 is 0 Å². The molecule has 0 aromatic carbocycles. The van der Waals surface area contributed by atoms with Crippen LogP contribution in [0.25, 0.3) is 0 Å². The van der Waals surface area contributed by atoms with Gasteiger partial charge in [0.05, 0.1) is 17.4 Å². The summed E-state index contributed by atoms with van der Waals surface area (Å²) in [5.41, 5.74) is 0. The molecule has 1 amide bonds. The number of sulfone groups is 1. The van der Waals surface area contributed by atoms with E-state index in [0.29, 0.717) is 6.54 Å². The van der Waals surface area contributed by atoms with E-state index < -0.39 is 9.84 Å². The fourth-order valence-corrected chi connectivity index (χ4v) is 4.18. The molecule has 2 aliphatic heterocycles. The predicted octanol–water partition coefficient (Wildman–Crippen LogP) is -0.368. The molecule has 0 aliphatic carbocycles. The summed E-state index contributed by atoms with van der Waals surface area (Å²) in [5, 5.41) is 3.22. The number of carbonyl (C=O) groups excluding carboxylic acids is 1. The number of hydrogen-bond acceptors (Lipinski definition) is 4. The van der Waals surface area contributed by atoms with Gasteiger partial charge in [0, 0.05) is 19.1 Å². The number of hydrogen-bond donors (Lipinski definition) is 1. The van der Waals surface area contributed by atoms with Crippen molar-refractivity contribution in [2.45, 2.75) is 25.8 Å². The van der Waals surface area contributed by atoms with Gasteiger partial charge in [-0.15, -0.1) is 0 Å². The minimum absolute atomic E-state index is 0.0343. The molecule has 0 radical (unpaired) electrons. The van der Waals surface area contributed by atoms with E-state index in [2.05, 4.69) is 5.32 Å². The SMILES string of the molecule is CC1CS(=O)(=O)CCN1C(=O)[C@H]1CCCNC1. The molecular formula is C11H20N2O3S. The number of nitrogens with zero attached hydrogens (tertiary/aromatic N) is 1. The van der Waals surface area contributed by atoms with Crippen LogP contribution in [-0.2, 0) is 14.6 Å². The third-order valence-corrected chi connectivity index (χ3v) is 5.39. The van der Waals surface area contributed by atoms with Gasteiger partial charge in [0.2, 0.25) is 5.91 Å². The second-order valence-corrected chi connectivity index (χ2v) is 7.27. The lowest BCUT2D eigenvalue weighted by Gasteiger charge is -2.36. The van der Waals surface area contributed by atoms with Gasteiger partial charge in [0.25, 0.3) is 0 Å². The Labute approximate surface area is 102 Å². The molecule has 6 heteroatoms. The van der Waals surface area contributed by atoms with Gasteiger partial charge in [-0.3, -0.25) is 4.79 Å².